The lowest BCUT2D eigenvalue weighted by Gasteiger charge is -2.46. The van der Waals surface area contributed by atoms with Crippen LogP contribution in [-0.2, 0) is 14.0 Å². The maximum atomic E-state index is 12.0. The summed E-state index contributed by atoms with van der Waals surface area (Å²) in [6.07, 6.45) is 0.129. The van der Waals surface area contributed by atoms with Crippen molar-refractivity contribution in [3.05, 3.63) is 0 Å². The van der Waals surface area contributed by atoms with Crippen molar-refractivity contribution in [1.82, 2.24) is 0 Å². The summed E-state index contributed by atoms with van der Waals surface area (Å²) in [5, 5.41) is 9.22. The van der Waals surface area contributed by atoms with E-state index in [1.165, 1.54) is 0 Å². The van der Waals surface area contributed by atoms with E-state index in [1.807, 2.05) is 6.92 Å². The highest BCUT2D eigenvalue weighted by Crippen LogP contribution is 2.41. The molecule has 0 aromatic heterocycles. The minimum Gasteiger partial charge on any atom is -0.462 e. The summed E-state index contributed by atoms with van der Waals surface area (Å²) in [4.78, 5) is 12.0. The second-order valence-corrected chi connectivity index (χ2v) is 12.2. The molecule has 1 aliphatic heterocycles. The largest absolute Gasteiger partial charge is 0.462 e. The topological polar surface area (TPSA) is 55.8 Å². The van der Waals surface area contributed by atoms with Gasteiger partial charge in [-0.05, 0) is 25.1 Å². The molecule has 0 aromatic rings. The predicted molar refractivity (Wildman–Crippen MR) is 82.0 cm³/mol. The number of hydrogen-bond donors (Lipinski definition) is 1. The van der Waals surface area contributed by atoms with Gasteiger partial charge in [-0.2, -0.15) is 0 Å². The van der Waals surface area contributed by atoms with Gasteiger partial charge in [0.1, 0.15) is 6.10 Å². The maximum absolute atomic E-state index is 12.0. The van der Waals surface area contributed by atoms with Gasteiger partial charge in [0.05, 0.1) is 12.0 Å². The highest BCUT2D eigenvalue weighted by molar-refractivity contribution is 6.74. The standard InChI is InChI=1S/C15H30O4Si/c1-10-12(8-9-16)18-14(17)11(2)13(10)19-20(6,7)15(3,4)5/h10-13,16H,8-9H2,1-7H3/t10-,11-,12-,13?/m0/s1. The number of ether oxygens (including phenoxy) is 1. The molecule has 0 bridgehead atoms. The summed E-state index contributed by atoms with van der Waals surface area (Å²) >= 11 is 0. The SMILES string of the molecule is C[C@@H]1C(=O)O[C@@H](CCO)[C@H](C)C1O[Si](C)(C)C(C)(C)C. The molecular formula is C15H30O4Si. The van der Waals surface area contributed by atoms with Gasteiger partial charge >= 0.3 is 5.97 Å². The van der Waals surface area contributed by atoms with Crippen LogP contribution in [0, 0.1) is 11.8 Å². The third-order valence-corrected chi connectivity index (χ3v) is 9.36. The molecule has 20 heavy (non-hydrogen) atoms. The van der Waals surface area contributed by atoms with E-state index in [-0.39, 0.29) is 41.7 Å². The number of cyclic esters (lactones) is 1. The Kier molecular flexibility index (Phi) is 5.44. The van der Waals surface area contributed by atoms with Crippen molar-refractivity contribution in [2.45, 2.75) is 71.4 Å². The first-order valence-corrected chi connectivity index (χ1v) is 10.4. The molecule has 4 nitrogen and oxygen atoms in total. The van der Waals surface area contributed by atoms with Crippen LogP contribution in [0.25, 0.3) is 0 Å². The van der Waals surface area contributed by atoms with Gasteiger partial charge in [-0.1, -0.05) is 27.7 Å². The molecule has 1 N–H and O–H groups in total. The van der Waals surface area contributed by atoms with Gasteiger partial charge in [0.2, 0.25) is 0 Å². The number of aliphatic hydroxyl groups is 1. The van der Waals surface area contributed by atoms with Crippen molar-refractivity contribution in [1.29, 1.82) is 0 Å². The van der Waals surface area contributed by atoms with E-state index in [0.717, 1.165) is 0 Å². The molecule has 0 amide bonds. The lowest BCUT2D eigenvalue weighted by molar-refractivity contribution is -0.177. The average Bonchev–Trinajstić information content (AvgIpc) is 2.30. The highest BCUT2D eigenvalue weighted by Gasteiger charge is 2.47. The maximum Gasteiger partial charge on any atom is 0.311 e. The number of esters is 1. The van der Waals surface area contributed by atoms with Crippen LogP contribution < -0.4 is 0 Å². The first-order valence-electron chi connectivity index (χ1n) is 7.50. The Morgan fingerprint density at radius 3 is 2.30 bits per heavy atom. The zero-order chi connectivity index (χ0) is 15.7. The van der Waals surface area contributed by atoms with Gasteiger partial charge < -0.3 is 14.3 Å². The Labute approximate surface area is 124 Å². The Bertz CT molecular complexity index is 348. The molecule has 1 aliphatic rings. The van der Waals surface area contributed by atoms with Crippen LogP contribution in [0.2, 0.25) is 18.1 Å². The minimum atomic E-state index is -1.93. The molecule has 5 heteroatoms. The van der Waals surface area contributed by atoms with Crippen LogP contribution >= 0.6 is 0 Å². The van der Waals surface area contributed by atoms with E-state index in [1.54, 1.807) is 0 Å². The molecule has 1 saturated heterocycles. The predicted octanol–water partition coefficient (Wildman–Crippen LogP) is 2.96. The molecule has 1 heterocycles. The van der Waals surface area contributed by atoms with Gasteiger partial charge in [0.15, 0.2) is 8.32 Å². The number of rotatable bonds is 4. The van der Waals surface area contributed by atoms with Gasteiger partial charge in [-0.3, -0.25) is 4.79 Å². The van der Waals surface area contributed by atoms with Crippen LogP contribution in [-0.4, -0.2) is 38.2 Å². The lowest BCUT2D eigenvalue weighted by Crippen LogP contribution is -2.54. The van der Waals surface area contributed by atoms with Crippen LogP contribution in [0.5, 0.6) is 0 Å². The first-order chi connectivity index (χ1) is 9.01. The Balaban J connectivity index is 2.92. The van der Waals surface area contributed by atoms with Crippen LogP contribution in [0.1, 0.15) is 41.0 Å². The highest BCUT2D eigenvalue weighted by atomic mass is 28.4. The first kappa shape index (κ1) is 17.7. The molecule has 0 aliphatic carbocycles. The molecular weight excluding hydrogens is 272 g/mol. The monoisotopic (exact) mass is 302 g/mol. The van der Waals surface area contributed by atoms with Gasteiger partial charge in [-0.25, -0.2) is 0 Å². The summed E-state index contributed by atoms with van der Waals surface area (Å²) in [6.45, 7) is 15.0. The number of carbonyl (C=O) groups is 1. The zero-order valence-electron chi connectivity index (χ0n) is 13.9. The number of hydrogen-bond acceptors (Lipinski definition) is 4. The van der Waals surface area contributed by atoms with E-state index >= 15 is 0 Å². The van der Waals surface area contributed by atoms with Crippen molar-refractivity contribution in [3.63, 3.8) is 0 Å². The normalized spacial score (nSPS) is 32.1. The van der Waals surface area contributed by atoms with Gasteiger partial charge in [0, 0.05) is 18.9 Å². The van der Waals surface area contributed by atoms with E-state index in [2.05, 4.69) is 40.8 Å². The lowest BCUT2D eigenvalue weighted by atomic mass is 9.85. The summed E-state index contributed by atoms with van der Waals surface area (Å²) in [7, 11) is -1.93. The van der Waals surface area contributed by atoms with E-state index in [4.69, 9.17) is 14.3 Å². The smallest absolute Gasteiger partial charge is 0.311 e. The fourth-order valence-corrected chi connectivity index (χ4v) is 3.79. The third-order valence-electron chi connectivity index (χ3n) is 4.89. The second-order valence-electron chi connectivity index (χ2n) is 7.48. The fraction of sp³-hybridized carbons (Fsp3) is 0.933. The van der Waals surface area contributed by atoms with E-state index in [9.17, 15) is 4.79 Å². The van der Waals surface area contributed by atoms with Crippen molar-refractivity contribution < 1.29 is 19.1 Å². The number of carbonyl (C=O) groups excluding carboxylic acids is 1. The number of aliphatic hydroxyl groups excluding tert-OH is 1. The zero-order valence-corrected chi connectivity index (χ0v) is 14.9. The van der Waals surface area contributed by atoms with Crippen molar-refractivity contribution in [3.8, 4) is 0 Å². The Morgan fingerprint density at radius 1 is 1.30 bits per heavy atom. The molecule has 1 rings (SSSR count). The Hall–Kier alpha value is -0.393. The summed E-state index contributed by atoms with van der Waals surface area (Å²) in [5.41, 5.74) is 0. The molecule has 1 unspecified atom stereocenters. The van der Waals surface area contributed by atoms with Crippen LogP contribution in [0.15, 0.2) is 0 Å². The summed E-state index contributed by atoms with van der Waals surface area (Å²) in [5.74, 6) is -0.330. The molecule has 0 spiro atoms. The molecule has 0 radical (unpaired) electrons. The van der Waals surface area contributed by atoms with Crippen LogP contribution in [0.3, 0.4) is 0 Å². The van der Waals surface area contributed by atoms with Crippen molar-refractivity contribution in [2.75, 3.05) is 6.61 Å². The van der Waals surface area contributed by atoms with E-state index in [0.29, 0.717) is 6.42 Å². The van der Waals surface area contributed by atoms with Gasteiger partial charge in [-0.15, -0.1) is 0 Å². The molecule has 118 valence electrons. The molecule has 4 atom stereocenters. The van der Waals surface area contributed by atoms with Gasteiger partial charge in [0.25, 0.3) is 0 Å². The minimum absolute atomic E-state index is 0.0312. The summed E-state index contributed by atoms with van der Waals surface area (Å²) in [6, 6.07) is 0. The van der Waals surface area contributed by atoms with E-state index < -0.39 is 8.32 Å². The summed E-state index contributed by atoms with van der Waals surface area (Å²) < 4.78 is 11.9. The average molecular weight is 302 g/mol. The second kappa shape index (κ2) is 6.16. The van der Waals surface area contributed by atoms with Crippen molar-refractivity contribution in [2.24, 2.45) is 11.8 Å². The quantitative estimate of drug-likeness (QED) is 0.641. The molecule has 0 aromatic carbocycles. The van der Waals surface area contributed by atoms with Crippen LogP contribution in [0.4, 0.5) is 0 Å². The molecule has 1 fully saturated rings. The fourth-order valence-electron chi connectivity index (χ4n) is 2.34. The molecule has 0 saturated carbocycles. The van der Waals surface area contributed by atoms with Crippen molar-refractivity contribution >= 4 is 14.3 Å². The third kappa shape index (κ3) is 3.62. The Morgan fingerprint density at radius 2 is 1.85 bits per heavy atom.